The van der Waals surface area contributed by atoms with Crippen LogP contribution in [0.3, 0.4) is 0 Å². The molecule has 1 aliphatic rings. The number of furan rings is 1. The third-order valence-corrected chi connectivity index (χ3v) is 3.58. The smallest absolute Gasteiger partial charge is 0.346 e. The van der Waals surface area contributed by atoms with Crippen LogP contribution in [0.5, 0.6) is 0 Å². The number of carbonyl (C=O) groups excluding carboxylic acids is 2. The van der Waals surface area contributed by atoms with Crippen molar-refractivity contribution in [1.82, 2.24) is 10.3 Å². The van der Waals surface area contributed by atoms with Crippen LogP contribution in [0.2, 0.25) is 0 Å². The average Bonchev–Trinajstić information content (AvgIpc) is 3.02. The lowest BCUT2D eigenvalue weighted by molar-refractivity contribution is -0.131. The summed E-state index contributed by atoms with van der Waals surface area (Å²) < 4.78 is 5.33. The molecule has 1 atom stereocenters. The molecule has 6 heteroatoms. The number of hydrazone groups is 1. The highest BCUT2D eigenvalue weighted by Crippen LogP contribution is 2.28. The van der Waals surface area contributed by atoms with Crippen LogP contribution in [-0.4, -0.2) is 23.2 Å². The van der Waals surface area contributed by atoms with E-state index in [-0.39, 0.29) is 0 Å². The van der Waals surface area contributed by atoms with Gasteiger partial charge >= 0.3 is 6.03 Å². The van der Waals surface area contributed by atoms with Gasteiger partial charge in [0.2, 0.25) is 0 Å². The first-order valence-electron chi connectivity index (χ1n) is 6.83. The number of carbonyl (C=O) groups is 2. The van der Waals surface area contributed by atoms with Crippen LogP contribution < -0.4 is 5.32 Å². The Morgan fingerprint density at radius 3 is 2.55 bits per heavy atom. The molecule has 6 nitrogen and oxygen atoms in total. The van der Waals surface area contributed by atoms with Crippen molar-refractivity contribution in [2.45, 2.75) is 19.4 Å². The lowest BCUT2D eigenvalue weighted by atomic mass is 9.92. The number of nitrogens with zero attached hydrogens (tertiary/aromatic N) is 2. The van der Waals surface area contributed by atoms with Crippen molar-refractivity contribution in [2.75, 3.05) is 0 Å². The molecule has 3 amide bonds. The molecule has 112 valence electrons. The Kier molecular flexibility index (Phi) is 3.29. The van der Waals surface area contributed by atoms with Crippen molar-refractivity contribution in [1.29, 1.82) is 0 Å². The standard InChI is InChI=1S/C16H15N3O3/c1-11-8-9-13(22-11)10-17-19-14(20)16(2,18-15(19)21)12-6-4-3-5-7-12/h3-10H,1-2H3,(H,18,21)/b17-10-/t16-/m0/s1. The summed E-state index contributed by atoms with van der Waals surface area (Å²) in [6.45, 7) is 3.46. The minimum Gasteiger partial charge on any atom is -0.460 e. The lowest BCUT2D eigenvalue weighted by Gasteiger charge is -2.20. The van der Waals surface area contributed by atoms with Gasteiger partial charge < -0.3 is 9.73 Å². The molecular formula is C16H15N3O3. The molecule has 0 aliphatic carbocycles. The van der Waals surface area contributed by atoms with Crippen LogP contribution in [0.15, 0.2) is 52.0 Å². The molecule has 1 fully saturated rings. The van der Waals surface area contributed by atoms with E-state index < -0.39 is 17.5 Å². The highest BCUT2D eigenvalue weighted by Gasteiger charge is 2.49. The van der Waals surface area contributed by atoms with E-state index in [0.717, 1.165) is 10.8 Å². The molecule has 22 heavy (non-hydrogen) atoms. The van der Waals surface area contributed by atoms with Crippen molar-refractivity contribution in [3.8, 4) is 0 Å². The van der Waals surface area contributed by atoms with E-state index in [1.165, 1.54) is 6.21 Å². The molecule has 1 aliphatic heterocycles. The SMILES string of the molecule is Cc1ccc(/C=N\N2C(=O)N[C@@](C)(c3ccccc3)C2=O)o1. The first-order chi connectivity index (χ1) is 10.5. The van der Waals surface area contributed by atoms with Gasteiger partial charge in [0, 0.05) is 0 Å². The van der Waals surface area contributed by atoms with E-state index >= 15 is 0 Å². The second kappa shape index (κ2) is 5.14. The van der Waals surface area contributed by atoms with Gasteiger partial charge in [-0.1, -0.05) is 30.3 Å². The summed E-state index contributed by atoms with van der Waals surface area (Å²) in [4.78, 5) is 24.6. The molecular weight excluding hydrogens is 282 g/mol. The molecule has 0 saturated carbocycles. The minimum atomic E-state index is -1.12. The number of benzene rings is 1. The number of nitrogens with one attached hydrogen (secondary N) is 1. The molecule has 1 aromatic carbocycles. The van der Waals surface area contributed by atoms with Gasteiger partial charge in [0.15, 0.2) is 0 Å². The van der Waals surface area contributed by atoms with Crippen molar-refractivity contribution in [3.63, 3.8) is 0 Å². The topological polar surface area (TPSA) is 74.9 Å². The molecule has 0 unspecified atom stereocenters. The Bertz CT molecular complexity index is 751. The fourth-order valence-corrected chi connectivity index (χ4v) is 2.33. The number of urea groups is 1. The summed E-state index contributed by atoms with van der Waals surface area (Å²) in [6, 6.07) is 12.0. The van der Waals surface area contributed by atoms with Crippen molar-refractivity contribution < 1.29 is 14.0 Å². The minimum absolute atomic E-state index is 0.428. The van der Waals surface area contributed by atoms with Gasteiger partial charge in [-0.05, 0) is 31.5 Å². The summed E-state index contributed by atoms with van der Waals surface area (Å²) in [6.07, 6.45) is 1.35. The predicted molar refractivity (Wildman–Crippen MR) is 80.2 cm³/mol. The Labute approximate surface area is 127 Å². The van der Waals surface area contributed by atoms with Gasteiger partial charge in [0.05, 0.1) is 6.21 Å². The number of rotatable bonds is 3. The number of aryl methyl sites for hydroxylation is 1. The molecule has 0 radical (unpaired) electrons. The molecule has 0 bridgehead atoms. The van der Waals surface area contributed by atoms with Crippen LogP contribution in [0.4, 0.5) is 4.79 Å². The average molecular weight is 297 g/mol. The van der Waals surface area contributed by atoms with Gasteiger partial charge in [-0.25, -0.2) is 4.79 Å². The Hall–Kier alpha value is -2.89. The first kappa shape index (κ1) is 14.1. The monoisotopic (exact) mass is 297 g/mol. The van der Waals surface area contributed by atoms with Gasteiger partial charge in [-0.3, -0.25) is 4.79 Å². The number of hydrogen-bond acceptors (Lipinski definition) is 4. The summed E-state index contributed by atoms with van der Waals surface area (Å²) in [5.41, 5.74) is -0.408. The third-order valence-electron chi connectivity index (χ3n) is 3.58. The van der Waals surface area contributed by atoms with Crippen molar-refractivity contribution >= 4 is 18.2 Å². The van der Waals surface area contributed by atoms with Crippen LogP contribution >= 0.6 is 0 Å². The predicted octanol–water partition coefficient (Wildman–Crippen LogP) is 2.39. The number of amides is 3. The van der Waals surface area contributed by atoms with E-state index in [9.17, 15) is 9.59 Å². The highest BCUT2D eigenvalue weighted by molar-refractivity contribution is 6.07. The number of hydrogen-bond donors (Lipinski definition) is 1. The third kappa shape index (κ3) is 2.28. The lowest BCUT2D eigenvalue weighted by Crippen LogP contribution is -2.40. The normalized spacial score (nSPS) is 21.6. The molecule has 1 saturated heterocycles. The van der Waals surface area contributed by atoms with E-state index in [1.807, 2.05) is 18.2 Å². The second-order valence-electron chi connectivity index (χ2n) is 5.23. The van der Waals surface area contributed by atoms with Crippen molar-refractivity contribution in [3.05, 3.63) is 59.5 Å². The van der Waals surface area contributed by atoms with Gasteiger partial charge in [-0.15, -0.1) is 5.01 Å². The van der Waals surface area contributed by atoms with Gasteiger partial charge in [0.1, 0.15) is 17.1 Å². The quantitative estimate of drug-likeness (QED) is 0.698. The van der Waals surface area contributed by atoms with E-state index in [1.54, 1.807) is 38.1 Å². The van der Waals surface area contributed by atoms with E-state index in [4.69, 9.17) is 4.42 Å². The van der Waals surface area contributed by atoms with Crippen LogP contribution in [0.25, 0.3) is 0 Å². The Balaban J connectivity index is 1.87. The summed E-state index contributed by atoms with van der Waals surface area (Å²) >= 11 is 0. The molecule has 1 aromatic heterocycles. The second-order valence-corrected chi connectivity index (χ2v) is 5.23. The number of imide groups is 1. The molecule has 0 spiro atoms. The summed E-state index contributed by atoms with van der Waals surface area (Å²) in [5.74, 6) is 0.780. The van der Waals surface area contributed by atoms with Crippen LogP contribution in [-0.2, 0) is 10.3 Å². The van der Waals surface area contributed by atoms with Crippen molar-refractivity contribution in [2.24, 2.45) is 5.10 Å². The van der Waals surface area contributed by atoms with Gasteiger partial charge in [0.25, 0.3) is 5.91 Å². The first-order valence-corrected chi connectivity index (χ1v) is 6.83. The maximum Gasteiger partial charge on any atom is 0.346 e. The van der Waals surface area contributed by atoms with Gasteiger partial charge in [-0.2, -0.15) is 5.10 Å². The highest BCUT2D eigenvalue weighted by atomic mass is 16.3. The fourth-order valence-electron chi connectivity index (χ4n) is 2.33. The zero-order chi connectivity index (χ0) is 15.7. The maximum atomic E-state index is 12.6. The largest absolute Gasteiger partial charge is 0.460 e. The molecule has 1 N–H and O–H groups in total. The van der Waals surface area contributed by atoms with Crippen LogP contribution in [0.1, 0.15) is 24.0 Å². The molecule has 3 rings (SSSR count). The molecule has 2 heterocycles. The summed E-state index contributed by atoms with van der Waals surface area (Å²) in [5, 5.41) is 7.45. The zero-order valence-corrected chi connectivity index (χ0v) is 12.2. The summed E-state index contributed by atoms with van der Waals surface area (Å²) in [7, 11) is 0. The molecule has 2 aromatic rings. The zero-order valence-electron chi connectivity index (χ0n) is 12.2. The van der Waals surface area contributed by atoms with E-state index in [2.05, 4.69) is 10.4 Å². The Morgan fingerprint density at radius 1 is 1.18 bits per heavy atom. The fraction of sp³-hybridized carbons (Fsp3) is 0.188. The Morgan fingerprint density at radius 2 is 1.91 bits per heavy atom. The van der Waals surface area contributed by atoms with E-state index in [0.29, 0.717) is 11.3 Å². The van der Waals surface area contributed by atoms with Crippen LogP contribution in [0, 0.1) is 6.92 Å². The maximum absolute atomic E-state index is 12.6.